The van der Waals surface area contributed by atoms with Crippen molar-refractivity contribution in [3.05, 3.63) is 35.9 Å². The summed E-state index contributed by atoms with van der Waals surface area (Å²) in [5.41, 5.74) is 2.27. The van der Waals surface area contributed by atoms with Gasteiger partial charge in [0.15, 0.2) is 0 Å². The number of phenolic OH excluding ortho intramolecular Hbond substituents is 1. The zero-order chi connectivity index (χ0) is 15.5. The summed E-state index contributed by atoms with van der Waals surface area (Å²) in [6.07, 6.45) is 10.8. The van der Waals surface area contributed by atoms with Gasteiger partial charge < -0.3 is 5.11 Å². The van der Waals surface area contributed by atoms with E-state index in [0.717, 1.165) is 49.0 Å². The van der Waals surface area contributed by atoms with Crippen LogP contribution in [0.4, 0.5) is 0 Å². The van der Waals surface area contributed by atoms with Gasteiger partial charge in [-0.2, -0.15) is 0 Å². The quantitative estimate of drug-likeness (QED) is 0.301. The molecule has 21 heavy (non-hydrogen) atoms. The van der Waals surface area contributed by atoms with Crippen molar-refractivity contribution in [3.63, 3.8) is 0 Å². The molecule has 1 rings (SSSR count). The second kappa shape index (κ2) is 10.8. The van der Waals surface area contributed by atoms with E-state index in [1.165, 1.54) is 24.2 Å². The van der Waals surface area contributed by atoms with E-state index in [0.29, 0.717) is 5.75 Å². The number of hydrogen-bond donors (Lipinski definition) is 1. The molecule has 1 aromatic rings. The first-order chi connectivity index (χ1) is 10.2. The molecular weight excluding hydrogens is 276 g/mol. The van der Waals surface area contributed by atoms with Crippen LogP contribution < -0.4 is 0 Å². The van der Waals surface area contributed by atoms with Gasteiger partial charge in [0, 0.05) is 4.90 Å². The highest BCUT2D eigenvalue weighted by atomic mass is 32.2. The van der Waals surface area contributed by atoms with Crippen molar-refractivity contribution in [2.75, 3.05) is 5.75 Å². The minimum absolute atomic E-state index is 0.548. The number of thioether (sulfide) groups is 1. The molecule has 0 aliphatic heterocycles. The van der Waals surface area contributed by atoms with E-state index in [9.17, 15) is 5.11 Å². The second-order valence-corrected chi connectivity index (χ2v) is 6.74. The highest BCUT2D eigenvalue weighted by Crippen LogP contribution is 2.32. The predicted molar refractivity (Wildman–Crippen MR) is 95.5 cm³/mol. The van der Waals surface area contributed by atoms with Crippen LogP contribution in [0.15, 0.2) is 29.7 Å². The van der Waals surface area contributed by atoms with Gasteiger partial charge in [-0.25, -0.2) is 0 Å². The Balaban J connectivity index is 2.82. The Morgan fingerprint density at radius 1 is 1.05 bits per heavy atom. The number of unbranched alkanes of at least 4 members (excludes halogenated alkanes) is 3. The summed E-state index contributed by atoms with van der Waals surface area (Å²) in [5, 5.41) is 10.5. The lowest BCUT2D eigenvalue weighted by Crippen LogP contribution is -1.94. The third-order valence-electron chi connectivity index (χ3n) is 3.66. The molecule has 0 saturated carbocycles. The molecule has 1 N–H and O–H groups in total. The van der Waals surface area contributed by atoms with Gasteiger partial charge in [0.05, 0.1) is 0 Å². The average Bonchev–Trinajstić information content (AvgIpc) is 2.50. The molecule has 0 aliphatic rings. The number of phenols is 1. The van der Waals surface area contributed by atoms with Gasteiger partial charge in [-0.3, -0.25) is 0 Å². The maximum atomic E-state index is 10.5. The Bertz CT molecular complexity index is 397. The minimum atomic E-state index is 0.548. The molecule has 0 fully saturated rings. The Kier molecular flexibility index (Phi) is 9.32. The molecule has 0 spiro atoms. The van der Waals surface area contributed by atoms with E-state index in [1.54, 1.807) is 0 Å². The van der Waals surface area contributed by atoms with Crippen LogP contribution in [-0.2, 0) is 12.8 Å². The summed E-state index contributed by atoms with van der Waals surface area (Å²) in [6, 6.07) is 4.39. The molecule has 118 valence electrons. The highest BCUT2D eigenvalue weighted by molar-refractivity contribution is 7.99. The average molecular weight is 307 g/mol. The normalized spacial score (nSPS) is 10.8. The lowest BCUT2D eigenvalue weighted by atomic mass is 10.0. The summed E-state index contributed by atoms with van der Waals surface area (Å²) in [6.45, 7) is 8.16. The van der Waals surface area contributed by atoms with Crippen LogP contribution in [-0.4, -0.2) is 10.9 Å². The lowest BCUT2D eigenvalue weighted by Gasteiger charge is -2.13. The van der Waals surface area contributed by atoms with Crippen molar-refractivity contribution < 1.29 is 5.11 Å². The number of aryl methyl sites for hydroxylation is 2. The number of rotatable bonds is 11. The lowest BCUT2D eigenvalue weighted by molar-refractivity contribution is 0.458. The molecule has 0 heterocycles. The summed E-state index contributed by atoms with van der Waals surface area (Å²) in [7, 11) is 0. The zero-order valence-corrected chi connectivity index (χ0v) is 14.5. The standard InChI is InChI=1S/C19H30OS/c1-4-7-10-13-21-18-14-16(11-8-5-2)19(20)17(15-18)12-9-6-3/h4,14-15,20H,1,5-13H2,2-3H3. The van der Waals surface area contributed by atoms with Gasteiger partial charge in [0.2, 0.25) is 0 Å². The van der Waals surface area contributed by atoms with Crippen LogP contribution in [0.3, 0.4) is 0 Å². The molecular formula is C19H30OS. The van der Waals surface area contributed by atoms with Crippen LogP contribution in [0.1, 0.15) is 63.5 Å². The van der Waals surface area contributed by atoms with Gasteiger partial charge in [0.1, 0.15) is 5.75 Å². The second-order valence-electron chi connectivity index (χ2n) is 5.58. The first-order valence-electron chi connectivity index (χ1n) is 8.31. The number of hydrogen-bond acceptors (Lipinski definition) is 2. The first-order valence-corrected chi connectivity index (χ1v) is 9.29. The Hall–Kier alpha value is -0.890. The fourth-order valence-corrected chi connectivity index (χ4v) is 3.34. The molecule has 0 amide bonds. The molecule has 0 aromatic heterocycles. The fraction of sp³-hybridized carbons (Fsp3) is 0.579. The zero-order valence-electron chi connectivity index (χ0n) is 13.7. The third kappa shape index (κ3) is 6.60. The Morgan fingerprint density at radius 3 is 2.10 bits per heavy atom. The van der Waals surface area contributed by atoms with E-state index in [-0.39, 0.29) is 0 Å². The smallest absolute Gasteiger partial charge is 0.122 e. The van der Waals surface area contributed by atoms with E-state index in [4.69, 9.17) is 0 Å². The van der Waals surface area contributed by atoms with Gasteiger partial charge in [-0.05, 0) is 67.5 Å². The van der Waals surface area contributed by atoms with Crippen LogP contribution in [0, 0.1) is 0 Å². The van der Waals surface area contributed by atoms with Crippen molar-refractivity contribution >= 4 is 11.8 Å². The molecule has 1 aromatic carbocycles. The highest BCUT2D eigenvalue weighted by Gasteiger charge is 2.10. The Morgan fingerprint density at radius 2 is 1.62 bits per heavy atom. The van der Waals surface area contributed by atoms with Gasteiger partial charge in [-0.1, -0.05) is 32.8 Å². The van der Waals surface area contributed by atoms with Crippen LogP contribution >= 0.6 is 11.8 Å². The van der Waals surface area contributed by atoms with Crippen molar-refractivity contribution in [3.8, 4) is 5.75 Å². The number of aromatic hydroxyl groups is 1. The molecule has 0 atom stereocenters. The monoisotopic (exact) mass is 306 g/mol. The van der Waals surface area contributed by atoms with Gasteiger partial charge in [-0.15, -0.1) is 18.3 Å². The maximum Gasteiger partial charge on any atom is 0.122 e. The Labute approximate surface area is 134 Å². The van der Waals surface area contributed by atoms with Crippen molar-refractivity contribution in [2.45, 2.75) is 70.1 Å². The maximum absolute atomic E-state index is 10.5. The molecule has 0 bridgehead atoms. The summed E-state index contributed by atoms with van der Waals surface area (Å²) in [5.74, 6) is 1.67. The third-order valence-corrected chi connectivity index (χ3v) is 4.72. The van der Waals surface area contributed by atoms with E-state index < -0.39 is 0 Å². The first kappa shape index (κ1) is 18.2. The SMILES string of the molecule is C=CCCCSc1cc(CCCC)c(O)c(CCCC)c1. The minimum Gasteiger partial charge on any atom is -0.507 e. The number of benzene rings is 1. The molecule has 0 aliphatic carbocycles. The largest absolute Gasteiger partial charge is 0.507 e. The summed E-state index contributed by atoms with van der Waals surface area (Å²) >= 11 is 1.91. The summed E-state index contributed by atoms with van der Waals surface area (Å²) in [4.78, 5) is 1.31. The van der Waals surface area contributed by atoms with E-state index >= 15 is 0 Å². The van der Waals surface area contributed by atoms with Gasteiger partial charge in [0.25, 0.3) is 0 Å². The van der Waals surface area contributed by atoms with E-state index in [2.05, 4.69) is 32.6 Å². The van der Waals surface area contributed by atoms with Crippen LogP contribution in [0.2, 0.25) is 0 Å². The van der Waals surface area contributed by atoms with Gasteiger partial charge >= 0.3 is 0 Å². The molecule has 0 unspecified atom stereocenters. The number of allylic oxidation sites excluding steroid dienone is 1. The molecule has 2 heteroatoms. The van der Waals surface area contributed by atoms with Crippen LogP contribution in [0.25, 0.3) is 0 Å². The molecule has 0 saturated heterocycles. The van der Waals surface area contributed by atoms with Crippen molar-refractivity contribution in [1.82, 2.24) is 0 Å². The molecule has 0 radical (unpaired) electrons. The fourth-order valence-electron chi connectivity index (χ4n) is 2.34. The topological polar surface area (TPSA) is 20.2 Å². The predicted octanol–water partition coefficient (Wildman–Crippen LogP) is 6.14. The van der Waals surface area contributed by atoms with Crippen LogP contribution in [0.5, 0.6) is 5.75 Å². The van der Waals surface area contributed by atoms with E-state index in [1.807, 2.05) is 17.8 Å². The van der Waals surface area contributed by atoms with Crippen molar-refractivity contribution in [1.29, 1.82) is 0 Å². The molecule has 1 nitrogen and oxygen atoms in total. The summed E-state index contributed by atoms with van der Waals surface area (Å²) < 4.78 is 0. The van der Waals surface area contributed by atoms with Crippen molar-refractivity contribution in [2.24, 2.45) is 0 Å².